The number of hydrogen-bond acceptors (Lipinski definition) is 4. The molecule has 4 rings (SSSR count). The van der Waals surface area contributed by atoms with Crippen molar-refractivity contribution in [3.63, 3.8) is 0 Å². The number of carbonyl (C=O) groups excluding carboxylic acids is 1. The lowest BCUT2D eigenvalue weighted by Crippen LogP contribution is -2.33. The fraction of sp³-hybridized carbons (Fsp3) is 0.391. The first-order valence-corrected chi connectivity index (χ1v) is 10.1. The highest BCUT2D eigenvalue weighted by Crippen LogP contribution is 2.24. The van der Waals surface area contributed by atoms with Crippen molar-refractivity contribution in [1.82, 2.24) is 14.6 Å². The fourth-order valence-electron chi connectivity index (χ4n) is 4.15. The predicted octanol–water partition coefficient (Wildman–Crippen LogP) is 3.93. The molecule has 2 N–H and O–H groups in total. The minimum atomic E-state index is 0.206. The number of fused-ring (bicyclic) bond motifs is 1. The van der Waals surface area contributed by atoms with E-state index in [2.05, 4.69) is 40.2 Å². The normalized spacial score (nSPS) is 15.9. The molecule has 3 aromatic rings. The summed E-state index contributed by atoms with van der Waals surface area (Å²) in [7, 11) is 0. The molecular formula is C23H28N4O. The maximum atomic E-state index is 12.7. The maximum absolute atomic E-state index is 12.7. The molecule has 1 saturated heterocycles. The molecule has 1 aliphatic rings. The largest absolute Gasteiger partial charge is 0.337 e. The van der Waals surface area contributed by atoms with Gasteiger partial charge in [0.25, 0.3) is 0 Å². The summed E-state index contributed by atoms with van der Waals surface area (Å²) in [4.78, 5) is 19.6. The van der Waals surface area contributed by atoms with E-state index in [4.69, 9.17) is 5.84 Å². The first kappa shape index (κ1) is 18.7. The Morgan fingerprint density at radius 2 is 1.89 bits per heavy atom. The van der Waals surface area contributed by atoms with Crippen LogP contribution < -0.4 is 5.84 Å². The van der Waals surface area contributed by atoms with E-state index >= 15 is 0 Å². The molecule has 0 aliphatic carbocycles. The molecule has 1 aliphatic heterocycles. The summed E-state index contributed by atoms with van der Waals surface area (Å²) >= 11 is 0. The summed E-state index contributed by atoms with van der Waals surface area (Å²) in [5.74, 6) is 7.55. The number of piperidine rings is 1. The van der Waals surface area contributed by atoms with Crippen LogP contribution in [0.2, 0.25) is 0 Å². The number of benzene rings is 2. The van der Waals surface area contributed by atoms with Crippen molar-refractivity contribution in [3.05, 3.63) is 65.5 Å². The number of rotatable bonds is 6. The van der Waals surface area contributed by atoms with E-state index < -0.39 is 0 Å². The SMILES string of the molecule is Cc1nc2cc(C(=O)CCC3CCN(Cc4ccccc4)CC3)ccc2n1N. The first-order chi connectivity index (χ1) is 13.6. The van der Waals surface area contributed by atoms with Crippen LogP contribution in [-0.2, 0) is 6.54 Å². The number of likely N-dealkylation sites (tertiary alicyclic amines) is 1. The van der Waals surface area contributed by atoms with Crippen LogP contribution in [-0.4, -0.2) is 33.4 Å². The molecule has 28 heavy (non-hydrogen) atoms. The Morgan fingerprint density at radius 3 is 2.64 bits per heavy atom. The molecule has 146 valence electrons. The molecule has 5 heteroatoms. The van der Waals surface area contributed by atoms with E-state index in [-0.39, 0.29) is 5.78 Å². The Labute approximate surface area is 166 Å². The van der Waals surface area contributed by atoms with Gasteiger partial charge in [0.2, 0.25) is 0 Å². The minimum absolute atomic E-state index is 0.206. The van der Waals surface area contributed by atoms with Gasteiger partial charge in [0.05, 0.1) is 11.0 Å². The van der Waals surface area contributed by atoms with Crippen LogP contribution in [0.15, 0.2) is 48.5 Å². The highest BCUT2D eigenvalue weighted by atomic mass is 16.1. The van der Waals surface area contributed by atoms with E-state index in [1.165, 1.54) is 18.4 Å². The lowest BCUT2D eigenvalue weighted by atomic mass is 9.90. The van der Waals surface area contributed by atoms with Crippen LogP contribution in [0.3, 0.4) is 0 Å². The number of hydrogen-bond donors (Lipinski definition) is 1. The molecule has 0 spiro atoms. The van der Waals surface area contributed by atoms with Crippen molar-refractivity contribution in [2.24, 2.45) is 5.92 Å². The lowest BCUT2D eigenvalue weighted by Gasteiger charge is -2.32. The Morgan fingerprint density at radius 1 is 1.14 bits per heavy atom. The van der Waals surface area contributed by atoms with E-state index in [0.717, 1.165) is 48.5 Å². The fourth-order valence-corrected chi connectivity index (χ4v) is 4.15. The third-order valence-electron chi connectivity index (χ3n) is 5.92. The van der Waals surface area contributed by atoms with Crippen molar-refractivity contribution >= 4 is 16.8 Å². The third kappa shape index (κ3) is 4.09. The van der Waals surface area contributed by atoms with Gasteiger partial charge in [0.1, 0.15) is 5.82 Å². The minimum Gasteiger partial charge on any atom is -0.337 e. The standard InChI is InChI=1S/C23H28N4O/c1-17-25-21-15-20(8-9-22(21)27(17)24)23(28)10-7-18-11-13-26(14-12-18)16-19-5-3-2-4-6-19/h2-6,8-9,15,18H,7,10-14,16,24H2,1H3. The Kier molecular flexibility index (Phi) is 5.44. The summed E-state index contributed by atoms with van der Waals surface area (Å²) in [6.45, 7) is 5.13. The van der Waals surface area contributed by atoms with Crippen LogP contribution in [0.25, 0.3) is 11.0 Å². The molecule has 0 unspecified atom stereocenters. The van der Waals surface area contributed by atoms with Gasteiger partial charge in [-0.2, -0.15) is 0 Å². The number of ketones is 1. The molecule has 0 bridgehead atoms. The summed E-state index contributed by atoms with van der Waals surface area (Å²) in [5.41, 5.74) is 3.77. The molecule has 0 saturated carbocycles. The molecule has 1 aromatic heterocycles. The molecule has 2 heterocycles. The van der Waals surface area contributed by atoms with Gasteiger partial charge >= 0.3 is 0 Å². The van der Waals surface area contributed by atoms with Crippen LogP contribution in [0.1, 0.15) is 47.4 Å². The van der Waals surface area contributed by atoms with Gasteiger partial charge in [0, 0.05) is 18.5 Å². The number of nitrogens with zero attached hydrogens (tertiary/aromatic N) is 3. The topological polar surface area (TPSA) is 64.2 Å². The quantitative estimate of drug-likeness (QED) is 0.523. The summed E-state index contributed by atoms with van der Waals surface area (Å²) in [5, 5.41) is 0. The van der Waals surface area contributed by atoms with Gasteiger partial charge in [-0.05, 0) is 69.0 Å². The second-order valence-electron chi connectivity index (χ2n) is 7.90. The van der Waals surface area contributed by atoms with Gasteiger partial charge in [0.15, 0.2) is 5.78 Å². The second kappa shape index (κ2) is 8.15. The van der Waals surface area contributed by atoms with Gasteiger partial charge in [-0.1, -0.05) is 30.3 Å². The zero-order valence-electron chi connectivity index (χ0n) is 16.5. The number of aromatic nitrogens is 2. The van der Waals surface area contributed by atoms with E-state index in [9.17, 15) is 4.79 Å². The Bertz CT molecular complexity index is 955. The molecule has 1 fully saturated rings. The monoisotopic (exact) mass is 376 g/mol. The van der Waals surface area contributed by atoms with Crippen molar-refractivity contribution < 1.29 is 4.79 Å². The van der Waals surface area contributed by atoms with Crippen LogP contribution in [0, 0.1) is 12.8 Å². The van der Waals surface area contributed by atoms with E-state index in [1.54, 1.807) is 4.68 Å². The average Bonchev–Trinajstić information content (AvgIpc) is 3.01. The average molecular weight is 377 g/mol. The summed E-state index contributed by atoms with van der Waals surface area (Å²) < 4.78 is 1.56. The third-order valence-corrected chi connectivity index (χ3v) is 5.92. The number of aryl methyl sites for hydroxylation is 1. The maximum Gasteiger partial charge on any atom is 0.162 e. The van der Waals surface area contributed by atoms with E-state index in [1.807, 2.05) is 25.1 Å². The molecular weight excluding hydrogens is 348 g/mol. The lowest BCUT2D eigenvalue weighted by molar-refractivity contribution is 0.0961. The molecule has 0 amide bonds. The van der Waals surface area contributed by atoms with Crippen molar-refractivity contribution in [1.29, 1.82) is 0 Å². The van der Waals surface area contributed by atoms with Crippen molar-refractivity contribution in [2.45, 2.75) is 39.2 Å². The molecule has 0 radical (unpaired) electrons. The van der Waals surface area contributed by atoms with Crippen molar-refractivity contribution in [2.75, 3.05) is 18.9 Å². The number of carbonyl (C=O) groups is 1. The smallest absolute Gasteiger partial charge is 0.162 e. The zero-order valence-corrected chi connectivity index (χ0v) is 16.5. The van der Waals surface area contributed by atoms with E-state index in [0.29, 0.717) is 12.3 Å². The van der Waals surface area contributed by atoms with Crippen molar-refractivity contribution in [3.8, 4) is 0 Å². The number of nitrogens with two attached hydrogens (primary N) is 1. The summed E-state index contributed by atoms with van der Waals surface area (Å²) in [6, 6.07) is 16.3. The highest BCUT2D eigenvalue weighted by molar-refractivity contribution is 5.99. The summed E-state index contributed by atoms with van der Waals surface area (Å²) in [6.07, 6.45) is 3.93. The second-order valence-corrected chi connectivity index (χ2v) is 7.90. The number of imidazole rings is 1. The first-order valence-electron chi connectivity index (χ1n) is 10.1. The predicted molar refractivity (Wildman–Crippen MR) is 113 cm³/mol. The molecule has 0 atom stereocenters. The van der Waals surface area contributed by atoms with Gasteiger partial charge in [-0.25, -0.2) is 9.66 Å². The number of Topliss-reactive ketones (excluding diaryl/α,β-unsaturated/α-hetero) is 1. The van der Waals surface area contributed by atoms with Crippen LogP contribution >= 0.6 is 0 Å². The zero-order chi connectivity index (χ0) is 19.5. The Balaban J connectivity index is 1.27. The Hall–Kier alpha value is -2.66. The van der Waals surface area contributed by atoms with Gasteiger partial charge in [-0.15, -0.1) is 0 Å². The van der Waals surface area contributed by atoms with Gasteiger partial charge in [-0.3, -0.25) is 9.69 Å². The molecule has 2 aromatic carbocycles. The number of nitrogen functional groups attached to an aromatic ring is 1. The van der Waals surface area contributed by atoms with Gasteiger partial charge < -0.3 is 5.84 Å². The van der Waals surface area contributed by atoms with Crippen LogP contribution in [0.5, 0.6) is 0 Å². The molecule has 5 nitrogen and oxygen atoms in total. The highest BCUT2D eigenvalue weighted by Gasteiger charge is 2.20. The van der Waals surface area contributed by atoms with Crippen LogP contribution in [0.4, 0.5) is 0 Å².